The summed E-state index contributed by atoms with van der Waals surface area (Å²) < 4.78 is 0. The Morgan fingerprint density at radius 1 is 1.50 bits per heavy atom. The van der Waals surface area contributed by atoms with E-state index in [-0.39, 0.29) is 6.03 Å². The van der Waals surface area contributed by atoms with Gasteiger partial charge < -0.3 is 4.90 Å². The Hall–Kier alpha value is -0.770. The zero-order valence-electron chi connectivity index (χ0n) is 7.49. The molecule has 0 aromatic rings. The van der Waals surface area contributed by atoms with Gasteiger partial charge in [-0.1, -0.05) is 0 Å². The minimum atomic E-state index is 0.0347. The van der Waals surface area contributed by atoms with Crippen LogP contribution >= 0.6 is 0 Å². The van der Waals surface area contributed by atoms with Gasteiger partial charge in [-0.25, -0.2) is 9.86 Å². The first-order chi connectivity index (χ1) is 5.74. The fraction of sp³-hybridized carbons (Fsp3) is 0.875. The molecule has 4 nitrogen and oxygen atoms in total. The molecule has 0 aromatic carbocycles. The number of hydroxylamine groups is 2. The van der Waals surface area contributed by atoms with Crippen molar-refractivity contribution in [2.24, 2.45) is 0 Å². The average Bonchev–Trinajstić information content (AvgIpc) is 2.80. The number of rotatable bonds is 2. The molecule has 1 saturated heterocycles. The molecule has 0 spiro atoms. The van der Waals surface area contributed by atoms with Gasteiger partial charge in [0.15, 0.2) is 0 Å². The molecular weight excluding hydrogens is 156 g/mol. The largest absolute Gasteiger partial charge is 0.344 e. The summed E-state index contributed by atoms with van der Waals surface area (Å²) in [6.07, 6.45) is 2.32. The molecule has 12 heavy (non-hydrogen) atoms. The standard InChI is InChI=1S/C8H14N2O2/c1-6-5-9(12-2)8(11)10(6)7-3-4-7/h6-7H,3-5H2,1-2H3. The van der Waals surface area contributed by atoms with Crippen LogP contribution in [0.1, 0.15) is 19.8 Å². The zero-order valence-corrected chi connectivity index (χ0v) is 7.49. The van der Waals surface area contributed by atoms with E-state index < -0.39 is 0 Å². The van der Waals surface area contributed by atoms with Gasteiger partial charge in [0.25, 0.3) is 0 Å². The number of hydrogen-bond donors (Lipinski definition) is 0. The van der Waals surface area contributed by atoms with E-state index in [2.05, 4.69) is 6.92 Å². The molecule has 1 atom stereocenters. The van der Waals surface area contributed by atoms with Crippen molar-refractivity contribution >= 4 is 6.03 Å². The van der Waals surface area contributed by atoms with Crippen LogP contribution in [-0.4, -0.2) is 41.7 Å². The summed E-state index contributed by atoms with van der Waals surface area (Å²) >= 11 is 0. The summed E-state index contributed by atoms with van der Waals surface area (Å²) in [6.45, 7) is 2.76. The Kier molecular flexibility index (Phi) is 1.72. The molecule has 0 N–H and O–H groups in total. The van der Waals surface area contributed by atoms with E-state index in [9.17, 15) is 4.79 Å². The highest BCUT2D eigenvalue weighted by Crippen LogP contribution is 2.32. The van der Waals surface area contributed by atoms with Crippen molar-refractivity contribution < 1.29 is 9.63 Å². The van der Waals surface area contributed by atoms with Gasteiger partial charge in [-0.2, -0.15) is 0 Å². The zero-order chi connectivity index (χ0) is 8.72. The molecule has 4 heteroatoms. The summed E-state index contributed by atoms with van der Waals surface area (Å²) in [5.41, 5.74) is 0. The lowest BCUT2D eigenvalue weighted by Crippen LogP contribution is -2.35. The molecular formula is C8H14N2O2. The van der Waals surface area contributed by atoms with Crippen molar-refractivity contribution in [1.82, 2.24) is 9.96 Å². The van der Waals surface area contributed by atoms with Crippen molar-refractivity contribution in [1.29, 1.82) is 0 Å². The van der Waals surface area contributed by atoms with Crippen LogP contribution < -0.4 is 0 Å². The lowest BCUT2D eigenvalue weighted by molar-refractivity contribution is -0.0738. The number of carbonyl (C=O) groups is 1. The third-order valence-corrected chi connectivity index (χ3v) is 2.50. The third kappa shape index (κ3) is 1.06. The summed E-state index contributed by atoms with van der Waals surface area (Å²) in [7, 11) is 1.54. The van der Waals surface area contributed by atoms with Crippen LogP contribution in [-0.2, 0) is 4.84 Å². The smallest absolute Gasteiger partial charge is 0.315 e. The van der Waals surface area contributed by atoms with E-state index in [0.717, 1.165) is 12.8 Å². The Balaban J connectivity index is 2.07. The highest BCUT2D eigenvalue weighted by molar-refractivity contribution is 5.76. The first-order valence-corrected chi connectivity index (χ1v) is 4.38. The van der Waals surface area contributed by atoms with Gasteiger partial charge in [0.05, 0.1) is 19.7 Å². The molecule has 1 saturated carbocycles. The molecule has 0 bridgehead atoms. The van der Waals surface area contributed by atoms with Crippen LogP contribution in [0.5, 0.6) is 0 Å². The second-order valence-corrected chi connectivity index (χ2v) is 3.51. The van der Waals surface area contributed by atoms with E-state index in [0.29, 0.717) is 18.6 Å². The lowest BCUT2D eigenvalue weighted by atomic mass is 10.3. The maximum absolute atomic E-state index is 11.6. The Labute approximate surface area is 72.0 Å². The van der Waals surface area contributed by atoms with E-state index in [1.54, 1.807) is 7.11 Å². The molecule has 2 amide bonds. The first-order valence-electron chi connectivity index (χ1n) is 4.38. The van der Waals surface area contributed by atoms with Gasteiger partial charge in [0.2, 0.25) is 0 Å². The molecule has 2 fully saturated rings. The SMILES string of the molecule is CON1CC(C)N(C2CC2)C1=O. The fourth-order valence-electron chi connectivity index (χ4n) is 1.74. The summed E-state index contributed by atoms with van der Waals surface area (Å²) in [4.78, 5) is 18.4. The van der Waals surface area contributed by atoms with Gasteiger partial charge in [0.1, 0.15) is 0 Å². The predicted molar refractivity (Wildman–Crippen MR) is 43.4 cm³/mol. The maximum atomic E-state index is 11.6. The highest BCUT2D eigenvalue weighted by atomic mass is 16.7. The van der Waals surface area contributed by atoms with Crippen molar-refractivity contribution in [2.45, 2.75) is 31.8 Å². The minimum absolute atomic E-state index is 0.0347. The van der Waals surface area contributed by atoms with Gasteiger partial charge in [-0.3, -0.25) is 4.84 Å². The second kappa shape index (κ2) is 2.62. The van der Waals surface area contributed by atoms with Crippen molar-refractivity contribution in [3.05, 3.63) is 0 Å². The molecule has 68 valence electrons. The van der Waals surface area contributed by atoms with Gasteiger partial charge in [-0.05, 0) is 19.8 Å². The molecule has 0 radical (unpaired) electrons. The van der Waals surface area contributed by atoms with Crippen molar-refractivity contribution in [3.63, 3.8) is 0 Å². The Morgan fingerprint density at radius 2 is 2.17 bits per heavy atom. The van der Waals surface area contributed by atoms with Crippen molar-refractivity contribution in [2.75, 3.05) is 13.7 Å². The molecule has 0 aromatic heterocycles. The molecule has 2 aliphatic rings. The number of hydrogen-bond acceptors (Lipinski definition) is 2. The number of amides is 2. The van der Waals surface area contributed by atoms with Gasteiger partial charge >= 0.3 is 6.03 Å². The number of urea groups is 1. The van der Waals surface area contributed by atoms with E-state index >= 15 is 0 Å². The fourth-order valence-corrected chi connectivity index (χ4v) is 1.74. The molecule has 2 rings (SSSR count). The summed E-state index contributed by atoms with van der Waals surface area (Å²) in [6, 6.07) is 0.838. The highest BCUT2D eigenvalue weighted by Gasteiger charge is 2.43. The topological polar surface area (TPSA) is 32.8 Å². The molecule has 1 unspecified atom stereocenters. The van der Waals surface area contributed by atoms with E-state index in [1.165, 1.54) is 5.06 Å². The number of carbonyl (C=O) groups excluding carboxylic acids is 1. The lowest BCUT2D eigenvalue weighted by Gasteiger charge is -2.18. The number of nitrogens with zero attached hydrogens (tertiary/aromatic N) is 2. The van der Waals surface area contributed by atoms with Gasteiger partial charge in [-0.15, -0.1) is 0 Å². The average molecular weight is 170 g/mol. The van der Waals surface area contributed by atoms with Crippen LogP contribution in [0.3, 0.4) is 0 Å². The van der Waals surface area contributed by atoms with Crippen LogP contribution in [0.15, 0.2) is 0 Å². The Bertz CT molecular complexity index is 203. The Morgan fingerprint density at radius 3 is 2.58 bits per heavy atom. The minimum Gasteiger partial charge on any atom is -0.315 e. The predicted octanol–water partition coefficient (Wildman–Crippen LogP) is 0.836. The van der Waals surface area contributed by atoms with Crippen molar-refractivity contribution in [3.8, 4) is 0 Å². The van der Waals surface area contributed by atoms with Crippen LogP contribution in [0.25, 0.3) is 0 Å². The quantitative estimate of drug-likeness (QED) is 0.615. The summed E-state index contributed by atoms with van der Waals surface area (Å²) in [5, 5.41) is 1.43. The molecule has 1 heterocycles. The van der Waals surface area contributed by atoms with Crippen LogP contribution in [0.2, 0.25) is 0 Å². The van der Waals surface area contributed by atoms with E-state index in [4.69, 9.17) is 4.84 Å². The van der Waals surface area contributed by atoms with Crippen LogP contribution in [0.4, 0.5) is 4.79 Å². The molecule has 1 aliphatic carbocycles. The first kappa shape index (κ1) is 7.86. The summed E-state index contributed by atoms with van der Waals surface area (Å²) in [5.74, 6) is 0. The van der Waals surface area contributed by atoms with Gasteiger partial charge in [0, 0.05) is 6.04 Å². The van der Waals surface area contributed by atoms with Crippen LogP contribution in [0, 0.1) is 0 Å². The monoisotopic (exact) mass is 170 g/mol. The second-order valence-electron chi connectivity index (χ2n) is 3.51. The third-order valence-electron chi connectivity index (χ3n) is 2.50. The van der Waals surface area contributed by atoms with E-state index in [1.807, 2.05) is 4.90 Å². The molecule has 1 aliphatic heterocycles. The normalized spacial score (nSPS) is 30.2. The maximum Gasteiger partial charge on any atom is 0.344 e.